The fourth-order valence-electron chi connectivity index (χ4n) is 1.65. The summed E-state index contributed by atoms with van der Waals surface area (Å²) in [5, 5.41) is 4.30. The quantitative estimate of drug-likeness (QED) is 0.808. The van der Waals surface area contributed by atoms with Gasteiger partial charge in [0.1, 0.15) is 22.2 Å². The number of methoxy groups -OCH3 is 1. The molecule has 0 saturated heterocycles. The number of halogens is 1. The van der Waals surface area contributed by atoms with Crippen LogP contribution >= 0.6 is 11.6 Å². The number of carbonyl (C=O) groups is 1. The van der Waals surface area contributed by atoms with Crippen LogP contribution in [0.15, 0.2) is 30.5 Å². The largest absolute Gasteiger partial charge is 0.494 e. The van der Waals surface area contributed by atoms with E-state index < -0.39 is 5.97 Å². The Morgan fingerprint density at radius 2 is 2.16 bits per heavy atom. The van der Waals surface area contributed by atoms with Gasteiger partial charge in [0.2, 0.25) is 0 Å². The predicted molar refractivity (Wildman–Crippen MR) is 71.1 cm³/mol. The molecule has 1 aromatic carbocycles. The Labute approximate surface area is 115 Å². The van der Waals surface area contributed by atoms with Gasteiger partial charge in [0.25, 0.3) is 0 Å². The number of benzene rings is 1. The lowest BCUT2D eigenvalue weighted by atomic mass is 10.3. The first-order valence-electron chi connectivity index (χ1n) is 5.73. The minimum atomic E-state index is -0.492. The predicted octanol–water partition coefficient (Wildman–Crippen LogP) is 2.71. The monoisotopic (exact) mass is 280 g/mol. The summed E-state index contributed by atoms with van der Waals surface area (Å²) in [6.07, 6.45) is 1.38. The van der Waals surface area contributed by atoms with Crippen LogP contribution < -0.4 is 4.74 Å². The molecule has 2 rings (SSSR count). The summed E-state index contributed by atoms with van der Waals surface area (Å²) in [4.78, 5) is 11.7. The molecule has 0 aliphatic rings. The van der Waals surface area contributed by atoms with Crippen molar-refractivity contribution in [1.29, 1.82) is 0 Å². The number of aromatic nitrogens is 2. The highest BCUT2D eigenvalue weighted by atomic mass is 35.5. The lowest BCUT2D eigenvalue weighted by molar-refractivity contribution is 0.0526. The van der Waals surface area contributed by atoms with Gasteiger partial charge in [-0.25, -0.2) is 9.48 Å². The number of para-hydroxylation sites is 2. The van der Waals surface area contributed by atoms with E-state index in [1.165, 1.54) is 10.9 Å². The van der Waals surface area contributed by atoms with Gasteiger partial charge in [0.15, 0.2) is 0 Å². The normalized spacial score (nSPS) is 10.3. The molecule has 0 N–H and O–H groups in total. The Balaban J connectivity index is 2.44. The van der Waals surface area contributed by atoms with E-state index in [9.17, 15) is 4.79 Å². The second kappa shape index (κ2) is 5.75. The minimum absolute atomic E-state index is 0.197. The number of rotatable bonds is 4. The van der Waals surface area contributed by atoms with Crippen LogP contribution in [0.25, 0.3) is 5.69 Å². The Bertz CT molecular complexity index is 595. The third-order valence-electron chi connectivity index (χ3n) is 2.52. The zero-order chi connectivity index (χ0) is 13.8. The van der Waals surface area contributed by atoms with Crippen molar-refractivity contribution >= 4 is 17.6 Å². The highest BCUT2D eigenvalue weighted by Crippen LogP contribution is 2.27. The van der Waals surface area contributed by atoms with Crippen LogP contribution in [0.3, 0.4) is 0 Å². The van der Waals surface area contributed by atoms with E-state index in [0.717, 1.165) is 0 Å². The molecule has 0 unspecified atom stereocenters. The standard InChI is InChI=1S/C13H13ClN2O3/c1-3-19-13(17)9-8-15-16(12(9)14)10-6-4-5-7-11(10)18-2/h4-8H,3H2,1-2H3. The minimum Gasteiger partial charge on any atom is -0.494 e. The Hall–Kier alpha value is -2.01. The Kier molecular flexibility index (Phi) is 4.06. The summed E-state index contributed by atoms with van der Waals surface area (Å²) in [6, 6.07) is 7.26. The maximum absolute atomic E-state index is 11.7. The van der Waals surface area contributed by atoms with Crippen molar-refractivity contribution in [2.75, 3.05) is 13.7 Å². The summed E-state index contributed by atoms with van der Waals surface area (Å²) >= 11 is 6.16. The van der Waals surface area contributed by atoms with E-state index in [4.69, 9.17) is 21.1 Å². The van der Waals surface area contributed by atoms with Crippen molar-refractivity contribution in [3.63, 3.8) is 0 Å². The van der Waals surface area contributed by atoms with Crippen molar-refractivity contribution in [2.24, 2.45) is 0 Å². The van der Waals surface area contributed by atoms with Crippen molar-refractivity contribution in [2.45, 2.75) is 6.92 Å². The smallest absolute Gasteiger partial charge is 0.342 e. The van der Waals surface area contributed by atoms with Crippen molar-refractivity contribution < 1.29 is 14.3 Å². The molecule has 0 radical (unpaired) electrons. The van der Waals surface area contributed by atoms with Crippen LogP contribution in [0.1, 0.15) is 17.3 Å². The first-order valence-corrected chi connectivity index (χ1v) is 6.10. The number of esters is 1. The van der Waals surface area contributed by atoms with Gasteiger partial charge in [0.05, 0.1) is 19.9 Å². The third kappa shape index (κ3) is 2.56. The number of ether oxygens (including phenoxy) is 2. The van der Waals surface area contributed by atoms with Gasteiger partial charge in [-0.15, -0.1) is 0 Å². The molecule has 0 aliphatic heterocycles. The molecule has 0 bridgehead atoms. The first-order chi connectivity index (χ1) is 9.19. The lowest BCUT2D eigenvalue weighted by Crippen LogP contribution is -2.05. The van der Waals surface area contributed by atoms with Gasteiger partial charge in [-0.3, -0.25) is 0 Å². The summed E-state index contributed by atoms with van der Waals surface area (Å²) < 4.78 is 11.6. The maximum Gasteiger partial charge on any atom is 0.342 e. The molecule has 1 aromatic heterocycles. The van der Waals surface area contributed by atoms with Gasteiger partial charge in [0, 0.05) is 0 Å². The highest BCUT2D eigenvalue weighted by molar-refractivity contribution is 6.32. The third-order valence-corrected chi connectivity index (χ3v) is 2.88. The molecule has 1 heterocycles. The highest BCUT2D eigenvalue weighted by Gasteiger charge is 2.19. The lowest BCUT2D eigenvalue weighted by Gasteiger charge is -2.08. The molecule has 100 valence electrons. The van der Waals surface area contributed by atoms with Crippen LogP contribution in [0.5, 0.6) is 5.75 Å². The van der Waals surface area contributed by atoms with E-state index >= 15 is 0 Å². The van der Waals surface area contributed by atoms with Crippen LogP contribution in [0.4, 0.5) is 0 Å². The van der Waals surface area contributed by atoms with Crippen LogP contribution in [0.2, 0.25) is 5.15 Å². The average molecular weight is 281 g/mol. The molecular formula is C13H13ClN2O3. The molecule has 0 saturated carbocycles. The van der Waals surface area contributed by atoms with Crippen LogP contribution in [-0.2, 0) is 4.74 Å². The molecule has 0 aliphatic carbocycles. The number of carbonyl (C=O) groups excluding carboxylic acids is 1. The van der Waals surface area contributed by atoms with Crippen LogP contribution in [0, 0.1) is 0 Å². The summed E-state index contributed by atoms with van der Waals surface area (Å²) in [6.45, 7) is 2.02. The Morgan fingerprint density at radius 3 is 2.84 bits per heavy atom. The molecule has 5 nitrogen and oxygen atoms in total. The number of hydrogen-bond acceptors (Lipinski definition) is 4. The van der Waals surface area contributed by atoms with E-state index in [1.54, 1.807) is 26.2 Å². The molecule has 0 spiro atoms. The van der Waals surface area contributed by atoms with Gasteiger partial charge in [-0.1, -0.05) is 23.7 Å². The van der Waals surface area contributed by atoms with E-state index in [-0.39, 0.29) is 17.3 Å². The SMILES string of the molecule is CCOC(=O)c1cnn(-c2ccccc2OC)c1Cl. The second-order valence-corrected chi connectivity index (χ2v) is 4.01. The van der Waals surface area contributed by atoms with Gasteiger partial charge < -0.3 is 9.47 Å². The summed E-state index contributed by atoms with van der Waals surface area (Å²) in [5.41, 5.74) is 0.889. The second-order valence-electron chi connectivity index (χ2n) is 3.65. The fourth-order valence-corrected chi connectivity index (χ4v) is 1.91. The maximum atomic E-state index is 11.7. The van der Waals surface area contributed by atoms with E-state index in [0.29, 0.717) is 11.4 Å². The average Bonchev–Trinajstić information content (AvgIpc) is 2.80. The first kappa shape index (κ1) is 13.4. The molecule has 2 aromatic rings. The molecule has 0 fully saturated rings. The van der Waals surface area contributed by atoms with E-state index in [2.05, 4.69) is 5.10 Å². The molecule has 0 amide bonds. The van der Waals surface area contributed by atoms with Crippen molar-refractivity contribution in [1.82, 2.24) is 9.78 Å². The Morgan fingerprint density at radius 1 is 1.42 bits per heavy atom. The van der Waals surface area contributed by atoms with Gasteiger partial charge >= 0.3 is 5.97 Å². The molecular weight excluding hydrogens is 268 g/mol. The van der Waals surface area contributed by atoms with Crippen molar-refractivity contribution in [3.05, 3.63) is 41.2 Å². The topological polar surface area (TPSA) is 53.3 Å². The van der Waals surface area contributed by atoms with Crippen molar-refractivity contribution in [3.8, 4) is 11.4 Å². The van der Waals surface area contributed by atoms with E-state index in [1.807, 2.05) is 12.1 Å². The van der Waals surface area contributed by atoms with Gasteiger partial charge in [-0.2, -0.15) is 5.10 Å². The number of nitrogens with zero attached hydrogens (tertiary/aromatic N) is 2. The number of hydrogen-bond donors (Lipinski definition) is 0. The van der Waals surface area contributed by atoms with Crippen LogP contribution in [-0.4, -0.2) is 29.5 Å². The molecule has 6 heteroatoms. The fraction of sp³-hybridized carbons (Fsp3) is 0.231. The zero-order valence-corrected chi connectivity index (χ0v) is 11.3. The molecule has 0 atom stereocenters. The summed E-state index contributed by atoms with van der Waals surface area (Å²) in [5.74, 6) is 0.122. The summed E-state index contributed by atoms with van der Waals surface area (Å²) in [7, 11) is 1.56. The zero-order valence-electron chi connectivity index (χ0n) is 10.6. The molecule has 19 heavy (non-hydrogen) atoms. The van der Waals surface area contributed by atoms with Gasteiger partial charge in [-0.05, 0) is 19.1 Å².